The van der Waals surface area contributed by atoms with Crippen molar-refractivity contribution in [2.45, 2.75) is 44.9 Å². The quantitative estimate of drug-likeness (QED) is 0.789. The van der Waals surface area contributed by atoms with E-state index in [1.54, 1.807) is 6.20 Å². The first-order chi connectivity index (χ1) is 9.46. The second-order valence-corrected chi connectivity index (χ2v) is 6.46. The molecule has 2 aliphatic rings. The highest BCUT2D eigenvalue weighted by atomic mass is 16.6. The number of amides is 1. The topological polar surface area (TPSA) is 45.7 Å². The van der Waals surface area contributed by atoms with Crippen LogP contribution < -0.4 is 4.90 Å². The molecule has 0 aromatic carbocycles. The van der Waals surface area contributed by atoms with E-state index in [4.69, 9.17) is 4.74 Å². The van der Waals surface area contributed by atoms with Crippen molar-refractivity contribution in [1.82, 2.24) is 9.88 Å². The van der Waals surface area contributed by atoms with Crippen LogP contribution in [0.3, 0.4) is 0 Å². The summed E-state index contributed by atoms with van der Waals surface area (Å²) in [7, 11) is 0. The molecule has 2 saturated heterocycles. The Bertz CT molecular complexity index is 498. The Morgan fingerprint density at radius 1 is 1.40 bits per heavy atom. The second kappa shape index (κ2) is 4.65. The number of hydrogen-bond donors (Lipinski definition) is 0. The molecule has 5 nitrogen and oxygen atoms in total. The molecule has 0 bridgehead atoms. The highest BCUT2D eigenvalue weighted by molar-refractivity contribution is 5.70. The van der Waals surface area contributed by atoms with Gasteiger partial charge in [0.2, 0.25) is 0 Å². The number of pyridine rings is 1. The zero-order valence-corrected chi connectivity index (χ0v) is 12.2. The third-order valence-electron chi connectivity index (χ3n) is 3.90. The Hall–Kier alpha value is -1.78. The Morgan fingerprint density at radius 3 is 2.85 bits per heavy atom. The average molecular weight is 275 g/mol. The minimum Gasteiger partial charge on any atom is -0.444 e. The van der Waals surface area contributed by atoms with E-state index in [1.807, 2.05) is 37.9 Å². The number of fused-ring (bicyclic) bond motifs is 1. The number of carbonyl (C=O) groups excluding carboxylic acids is 1. The maximum absolute atomic E-state index is 12.2. The van der Waals surface area contributed by atoms with Gasteiger partial charge in [-0.2, -0.15) is 0 Å². The van der Waals surface area contributed by atoms with E-state index >= 15 is 0 Å². The highest BCUT2D eigenvalue weighted by Gasteiger charge is 2.49. The van der Waals surface area contributed by atoms with Crippen molar-refractivity contribution >= 4 is 11.8 Å². The summed E-state index contributed by atoms with van der Waals surface area (Å²) >= 11 is 0. The fourth-order valence-electron chi connectivity index (χ4n) is 2.99. The van der Waals surface area contributed by atoms with Gasteiger partial charge in [-0.1, -0.05) is 0 Å². The molecule has 0 unspecified atom stereocenters. The zero-order chi connectivity index (χ0) is 14.3. The molecular weight excluding hydrogens is 254 g/mol. The van der Waals surface area contributed by atoms with Crippen LogP contribution >= 0.6 is 0 Å². The summed E-state index contributed by atoms with van der Waals surface area (Å²) < 4.78 is 5.47. The molecule has 0 N–H and O–H groups in total. The van der Waals surface area contributed by atoms with Gasteiger partial charge in [-0.15, -0.1) is 0 Å². The standard InChI is InChI=1S/C15H21N3O2/c1-15(2,3)20-14(19)17-8-6-12-13(17)10-18(12)11-5-4-7-16-9-11/h4-5,7,9,12-13H,6,8,10H2,1-3H3/t12-,13+/m0/s1. The van der Waals surface area contributed by atoms with E-state index in [1.165, 1.54) is 0 Å². The molecule has 3 heterocycles. The zero-order valence-electron chi connectivity index (χ0n) is 12.2. The summed E-state index contributed by atoms with van der Waals surface area (Å²) in [5, 5.41) is 0. The molecule has 1 aromatic rings. The minimum absolute atomic E-state index is 0.184. The van der Waals surface area contributed by atoms with Crippen LogP contribution in [0.1, 0.15) is 27.2 Å². The Kier molecular flexibility index (Phi) is 3.07. The smallest absolute Gasteiger partial charge is 0.410 e. The maximum Gasteiger partial charge on any atom is 0.410 e. The highest BCUT2D eigenvalue weighted by Crippen LogP contribution is 2.36. The molecule has 5 heteroatoms. The largest absolute Gasteiger partial charge is 0.444 e. The summed E-state index contributed by atoms with van der Waals surface area (Å²) in [5.74, 6) is 0. The van der Waals surface area contributed by atoms with Gasteiger partial charge in [0, 0.05) is 19.3 Å². The fraction of sp³-hybridized carbons (Fsp3) is 0.600. The third kappa shape index (κ3) is 2.32. The van der Waals surface area contributed by atoms with Gasteiger partial charge in [-0.25, -0.2) is 4.79 Å². The third-order valence-corrected chi connectivity index (χ3v) is 3.90. The number of carbonyl (C=O) groups is 1. The number of ether oxygens (including phenoxy) is 1. The molecule has 2 atom stereocenters. The molecule has 108 valence electrons. The number of rotatable bonds is 1. The van der Waals surface area contributed by atoms with Crippen molar-refractivity contribution in [3.63, 3.8) is 0 Å². The number of likely N-dealkylation sites (tertiary alicyclic amines) is 1. The molecule has 0 aliphatic carbocycles. The number of aromatic nitrogens is 1. The molecule has 1 amide bonds. The van der Waals surface area contributed by atoms with Crippen molar-refractivity contribution in [3.05, 3.63) is 24.5 Å². The van der Waals surface area contributed by atoms with Gasteiger partial charge in [-0.3, -0.25) is 4.98 Å². The van der Waals surface area contributed by atoms with Gasteiger partial charge >= 0.3 is 6.09 Å². The molecule has 1 aromatic heterocycles. The van der Waals surface area contributed by atoms with Crippen LogP contribution in [0.25, 0.3) is 0 Å². The molecule has 2 fully saturated rings. The summed E-state index contributed by atoms with van der Waals surface area (Å²) in [6.45, 7) is 7.36. The number of hydrogen-bond acceptors (Lipinski definition) is 4. The van der Waals surface area contributed by atoms with Crippen molar-refractivity contribution in [3.8, 4) is 0 Å². The van der Waals surface area contributed by atoms with Crippen molar-refractivity contribution in [2.75, 3.05) is 18.0 Å². The van der Waals surface area contributed by atoms with Gasteiger partial charge in [0.25, 0.3) is 0 Å². The van der Waals surface area contributed by atoms with Gasteiger partial charge in [0.15, 0.2) is 0 Å². The summed E-state index contributed by atoms with van der Waals surface area (Å²) in [4.78, 5) is 20.5. The van der Waals surface area contributed by atoms with Crippen LogP contribution in [-0.2, 0) is 4.74 Å². The monoisotopic (exact) mass is 275 g/mol. The molecule has 0 spiro atoms. The minimum atomic E-state index is -0.429. The van der Waals surface area contributed by atoms with Crippen LogP contribution in [0, 0.1) is 0 Å². The summed E-state index contributed by atoms with van der Waals surface area (Å²) in [6.07, 6.45) is 4.48. The molecule has 0 saturated carbocycles. The molecule has 20 heavy (non-hydrogen) atoms. The Labute approximate surface area is 119 Å². The molecular formula is C15H21N3O2. The summed E-state index contributed by atoms with van der Waals surface area (Å²) in [5.41, 5.74) is 0.710. The lowest BCUT2D eigenvalue weighted by Crippen LogP contribution is -2.63. The van der Waals surface area contributed by atoms with Crippen LogP contribution in [0.15, 0.2) is 24.5 Å². The van der Waals surface area contributed by atoms with E-state index < -0.39 is 5.60 Å². The molecule has 0 radical (unpaired) electrons. The van der Waals surface area contributed by atoms with Gasteiger partial charge in [-0.05, 0) is 39.3 Å². The maximum atomic E-state index is 12.2. The fourth-order valence-corrected chi connectivity index (χ4v) is 2.99. The number of nitrogens with zero attached hydrogens (tertiary/aromatic N) is 3. The van der Waals surface area contributed by atoms with E-state index in [0.717, 1.165) is 25.2 Å². The van der Waals surface area contributed by atoms with E-state index in [-0.39, 0.29) is 12.1 Å². The van der Waals surface area contributed by atoms with Crippen molar-refractivity contribution < 1.29 is 9.53 Å². The van der Waals surface area contributed by atoms with Crippen LogP contribution in [-0.4, -0.2) is 46.8 Å². The van der Waals surface area contributed by atoms with Crippen LogP contribution in [0.4, 0.5) is 10.5 Å². The van der Waals surface area contributed by atoms with E-state index in [2.05, 4.69) is 16.0 Å². The second-order valence-electron chi connectivity index (χ2n) is 6.46. The van der Waals surface area contributed by atoms with Gasteiger partial charge in [0.05, 0.1) is 24.0 Å². The first kappa shape index (κ1) is 13.2. The molecule has 2 aliphatic heterocycles. The van der Waals surface area contributed by atoms with Crippen molar-refractivity contribution in [2.24, 2.45) is 0 Å². The van der Waals surface area contributed by atoms with E-state index in [9.17, 15) is 4.79 Å². The lowest BCUT2D eigenvalue weighted by molar-refractivity contribution is 0.0194. The number of anilines is 1. The van der Waals surface area contributed by atoms with Crippen LogP contribution in [0.5, 0.6) is 0 Å². The summed E-state index contributed by atoms with van der Waals surface area (Å²) in [6, 6.07) is 4.71. The lowest BCUT2D eigenvalue weighted by atomic mass is 9.96. The normalized spacial score (nSPS) is 25.1. The predicted molar refractivity (Wildman–Crippen MR) is 76.7 cm³/mol. The average Bonchev–Trinajstić information content (AvgIpc) is 2.66. The predicted octanol–water partition coefficient (Wildman–Crippen LogP) is 2.28. The van der Waals surface area contributed by atoms with Gasteiger partial charge in [0.1, 0.15) is 5.60 Å². The molecule has 3 rings (SSSR count). The Balaban J connectivity index is 1.64. The van der Waals surface area contributed by atoms with E-state index in [0.29, 0.717) is 6.04 Å². The van der Waals surface area contributed by atoms with Crippen molar-refractivity contribution in [1.29, 1.82) is 0 Å². The van der Waals surface area contributed by atoms with Gasteiger partial charge < -0.3 is 14.5 Å². The first-order valence-electron chi connectivity index (χ1n) is 7.12. The SMILES string of the molecule is CC(C)(C)OC(=O)N1CC[C@H]2[C@H]1CN2c1cccnc1. The Morgan fingerprint density at radius 2 is 2.20 bits per heavy atom. The lowest BCUT2D eigenvalue weighted by Gasteiger charge is -2.47. The van der Waals surface area contributed by atoms with Crippen LogP contribution in [0.2, 0.25) is 0 Å². The first-order valence-corrected chi connectivity index (χ1v) is 7.12.